The number of rotatable bonds is 3. The Kier molecular flexibility index (Phi) is 5.06. The van der Waals surface area contributed by atoms with Crippen LogP contribution >= 0.6 is 15.9 Å². The van der Waals surface area contributed by atoms with Crippen molar-refractivity contribution in [2.45, 2.75) is 25.8 Å². The lowest BCUT2D eigenvalue weighted by molar-refractivity contribution is 0.0702. The average molecular weight is 375 g/mol. The number of halogens is 1. The van der Waals surface area contributed by atoms with E-state index in [1.165, 1.54) is 0 Å². The SMILES string of the molecule is Cc1ccc(Br)cc1C(=O)N1CCCC(NS(C)(=O)=O)C1. The third-order valence-corrected chi connectivity index (χ3v) is 4.77. The predicted octanol–water partition coefficient (Wildman–Crippen LogP) is 1.91. The van der Waals surface area contributed by atoms with Gasteiger partial charge in [-0.1, -0.05) is 22.0 Å². The third-order valence-electron chi connectivity index (χ3n) is 3.52. The van der Waals surface area contributed by atoms with Gasteiger partial charge in [0.05, 0.1) is 6.26 Å². The first-order valence-corrected chi connectivity index (χ1v) is 9.47. The molecule has 1 saturated heterocycles. The van der Waals surface area contributed by atoms with E-state index in [4.69, 9.17) is 0 Å². The predicted molar refractivity (Wildman–Crippen MR) is 85.8 cm³/mol. The number of nitrogens with zero attached hydrogens (tertiary/aromatic N) is 1. The molecule has 21 heavy (non-hydrogen) atoms. The van der Waals surface area contributed by atoms with Crippen molar-refractivity contribution in [2.24, 2.45) is 0 Å². The van der Waals surface area contributed by atoms with Crippen LogP contribution in [0.3, 0.4) is 0 Å². The van der Waals surface area contributed by atoms with Crippen molar-refractivity contribution in [1.29, 1.82) is 0 Å². The van der Waals surface area contributed by atoms with Crippen LogP contribution in [-0.4, -0.2) is 44.6 Å². The van der Waals surface area contributed by atoms with E-state index in [2.05, 4.69) is 20.7 Å². The molecule has 7 heteroatoms. The van der Waals surface area contributed by atoms with Crippen LogP contribution in [0.4, 0.5) is 0 Å². The van der Waals surface area contributed by atoms with Gasteiger partial charge in [0.25, 0.3) is 5.91 Å². The number of sulfonamides is 1. The summed E-state index contributed by atoms with van der Waals surface area (Å²) in [5.74, 6) is -0.0474. The van der Waals surface area contributed by atoms with Crippen molar-refractivity contribution in [1.82, 2.24) is 9.62 Å². The maximum atomic E-state index is 12.6. The van der Waals surface area contributed by atoms with Crippen molar-refractivity contribution in [3.05, 3.63) is 33.8 Å². The Morgan fingerprint density at radius 2 is 2.14 bits per heavy atom. The van der Waals surface area contributed by atoms with E-state index < -0.39 is 10.0 Å². The van der Waals surface area contributed by atoms with Crippen molar-refractivity contribution in [2.75, 3.05) is 19.3 Å². The van der Waals surface area contributed by atoms with E-state index >= 15 is 0 Å². The summed E-state index contributed by atoms with van der Waals surface area (Å²) in [7, 11) is -3.25. The highest BCUT2D eigenvalue weighted by molar-refractivity contribution is 9.10. The summed E-state index contributed by atoms with van der Waals surface area (Å²) in [4.78, 5) is 14.3. The lowest BCUT2D eigenvalue weighted by Crippen LogP contribution is -2.49. The molecule has 116 valence electrons. The normalized spacial score (nSPS) is 19.6. The minimum Gasteiger partial charge on any atom is -0.337 e. The van der Waals surface area contributed by atoms with Crippen LogP contribution in [-0.2, 0) is 10.0 Å². The van der Waals surface area contributed by atoms with Crippen LogP contribution in [0.25, 0.3) is 0 Å². The Morgan fingerprint density at radius 1 is 1.43 bits per heavy atom. The first-order valence-electron chi connectivity index (χ1n) is 6.79. The molecule has 1 amide bonds. The number of carbonyl (C=O) groups excluding carboxylic acids is 1. The van der Waals surface area contributed by atoms with E-state index in [0.717, 1.165) is 29.1 Å². The molecular formula is C14H19BrN2O3S. The molecule has 1 aliphatic rings. The van der Waals surface area contributed by atoms with Gasteiger partial charge in [-0.3, -0.25) is 4.79 Å². The summed E-state index contributed by atoms with van der Waals surface area (Å²) >= 11 is 3.38. The minimum atomic E-state index is -3.25. The highest BCUT2D eigenvalue weighted by Gasteiger charge is 2.26. The van der Waals surface area contributed by atoms with Crippen LogP contribution in [0.1, 0.15) is 28.8 Å². The summed E-state index contributed by atoms with van der Waals surface area (Å²) in [6.45, 7) is 2.97. The highest BCUT2D eigenvalue weighted by atomic mass is 79.9. The fraction of sp³-hybridized carbons (Fsp3) is 0.500. The molecule has 0 aromatic heterocycles. The molecule has 2 rings (SSSR count). The van der Waals surface area contributed by atoms with Crippen LogP contribution in [0.15, 0.2) is 22.7 Å². The van der Waals surface area contributed by atoms with Gasteiger partial charge in [-0.15, -0.1) is 0 Å². The Hall–Kier alpha value is -0.920. The van der Waals surface area contributed by atoms with E-state index in [1.54, 1.807) is 4.90 Å². The van der Waals surface area contributed by atoms with E-state index in [0.29, 0.717) is 18.7 Å². The summed E-state index contributed by atoms with van der Waals surface area (Å²) in [5, 5.41) is 0. The first-order chi connectivity index (χ1) is 9.76. The minimum absolute atomic E-state index is 0.0474. The van der Waals surface area contributed by atoms with Gasteiger partial charge in [-0.25, -0.2) is 13.1 Å². The van der Waals surface area contributed by atoms with Crippen LogP contribution in [0, 0.1) is 6.92 Å². The Bertz CT molecular complexity index is 646. The fourth-order valence-electron chi connectivity index (χ4n) is 2.56. The van der Waals surface area contributed by atoms with Gasteiger partial charge in [0.2, 0.25) is 10.0 Å². The molecule has 0 radical (unpaired) electrons. The quantitative estimate of drug-likeness (QED) is 0.878. The lowest BCUT2D eigenvalue weighted by Gasteiger charge is -2.33. The number of likely N-dealkylation sites (tertiary alicyclic amines) is 1. The second-order valence-corrected chi connectivity index (χ2v) is 8.14. The van der Waals surface area contributed by atoms with E-state index in [1.807, 2.05) is 25.1 Å². The van der Waals surface area contributed by atoms with E-state index in [9.17, 15) is 13.2 Å². The first kappa shape index (κ1) is 16.5. The van der Waals surface area contributed by atoms with Gasteiger partial charge in [0.15, 0.2) is 0 Å². The molecule has 0 aliphatic carbocycles. The molecule has 1 fully saturated rings. The third kappa shape index (κ3) is 4.52. The van der Waals surface area contributed by atoms with Gasteiger partial charge < -0.3 is 4.90 Å². The number of hydrogen-bond acceptors (Lipinski definition) is 3. The maximum Gasteiger partial charge on any atom is 0.254 e. The van der Waals surface area contributed by atoms with Crippen molar-refractivity contribution >= 4 is 31.9 Å². The number of carbonyl (C=O) groups is 1. The summed E-state index contributed by atoms with van der Waals surface area (Å²) in [6, 6.07) is 5.40. The van der Waals surface area contributed by atoms with Crippen molar-refractivity contribution < 1.29 is 13.2 Å². The Balaban J connectivity index is 2.14. The second kappa shape index (κ2) is 6.46. The number of amides is 1. The molecule has 0 spiro atoms. The number of nitrogens with one attached hydrogen (secondary N) is 1. The number of benzene rings is 1. The topological polar surface area (TPSA) is 66.5 Å². The van der Waals surface area contributed by atoms with Crippen molar-refractivity contribution in [3.63, 3.8) is 0 Å². The van der Waals surface area contributed by atoms with E-state index in [-0.39, 0.29) is 11.9 Å². The standard InChI is InChI=1S/C14H19BrN2O3S/c1-10-5-6-11(15)8-13(10)14(18)17-7-3-4-12(9-17)16-21(2,19)20/h5-6,8,12,16H,3-4,7,9H2,1-2H3. The second-order valence-electron chi connectivity index (χ2n) is 5.44. The molecule has 1 aromatic carbocycles. The number of aryl methyl sites for hydroxylation is 1. The fourth-order valence-corrected chi connectivity index (χ4v) is 3.71. The molecule has 1 heterocycles. The largest absolute Gasteiger partial charge is 0.337 e. The van der Waals surface area contributed by atoms with Crippen LogP contribution < -0.4 is 4.72 Å². The van der Waals surface area contributed by atoms with Gasteiger partial charge >= 0.3 is 0 Å². The van der Waals surface area contributed by atoms with Crippen LogP contribution in [0.5, 0.6) is 0 Å². The lowest BCUT2D eigenvalue weighted by atomic mass is 10.0. The van der Waals surface area contributed by atoms with Gasteiger partial charge in [-0.2, -0.15) is 0 Å². The Labute approximate surface area is 133 Å². The van der Waals surface area contributed by atoms with Crippen molar-refractivity contribution in [3.8, 4) is 0 Å². The average Bonchev–Trinajstić information content (AvgIpc) is 2.39. The van der Waals surface area contributed by atoms with Gasteiger partial charge in [0, 0.05) is 29.2 Å². The van der Waals surface area contributed by atoms with Gasteiger partial charge in [0.1, 0.15) is 0 Å². The maximum absolute atomic E-state index is 12.6. The molecule has 1 unspecified atom stereocenters. The zero-order chi connectivity index (χ0) is 15.6. The summed E-state index contributed by atoms with van der Waals surface area (Å²) in [5.41, 5.74) is 1.57. The molecular weight excluding hydrogens is 356 g/mol. The molecule has 1 aromatic rings. The van der Waals surface area contributed by atoms with Gasteiger partial charge in [-0.05, 0) is 37.5 Å². The molecule has 5 nitrogen and oxygen atoms in total. The Morgan fingerprint density at radius 3 is 2.81 bits per heavy atom. The summed E-state index contributed by atoms with van der Waals surface area (Å²) in [6.07, 6.45) is 2.70. The molecule has 0 saturated carbocycles. The summed E-state index contributed by atoms with van der Waals surface area (Å²) < 4.78 is 26.1. The molecule has 1 N–H and O–H groups in total. The molecule has 1 aliphatic heterocycles. The highest BCUT2D eigenvalue weighted by Crippen LogP contribution is 2.20. The monoisotopic (exact) mass is 374 g/mol. The number of piperidine rings is 1. The number of hydrogen-bond donors (Lipinski definition) is 1. The molecule has 0 bridgehead atoms. The molecule has 1 atom stereocenters. The van der Waals surface area contributed by atoms with Crippen LogP contribution in [0.2, 0.25) is 0 Å². The zero-order valence-corrected chi connectivity index (χ0v) is 14.5. The smallest absolute Gasteiger partial charge is 0.254 e. The zero-order valence-electron chi connectivity index (χ0n) is 12.1.